The van der Waals surface area contributed by atoms with E-state index >= 15 is 0 Å². The molecule has 0 aliphatic carbocycles. The van der Waals surface area contributed by atoms with E-state index in [1.165, 1.54) is 17.0 Å². The summed E-state index contributed by atoms with van der Waals surface area (Å²) in [6.45, 7) is 3.40. The number of imide groups is 1. The van der Waals surface area contributed by atoms with Crippen LogP contribution in [0.2, 0.25) is 0 Å². The first-order valence-electron chi connectivity index (χ1n) is 10.9. The van der Waals surface area contributed by atoms with Gasteiger partial charge in [0.2, 0.25) is 5.91 Å². The maximum Gasteiger partial charge on any atom is 0.338 e. The van der Waals surface area contributed by atoms with Crippen LogP contribution in [-0.2, 0) is 14.3 Å². The van der Waals surface area contributed by atoms with Crippen LogP contribution >= 0.6 is 0 Å². The molecule has 4 rings (SSSR count). The van der Waals surface area contributed by atoms with Gasteiger partial charge in [0.15, 0.2) is 0 Å². The average molecular weight is 439 g/mol. The maximum absolute atomic E-state index is 13.1. The molecular formula is C24H26FN3O4. The molecule has 168 valence electrons. The van der Waals surface area contributed by atoms with Gasteiger partial charge in [-0.05, 0) is 68.3 Å². The van der Waals surface area contributed by atoms with Crippen molar-refractivity contribution in [2.45, 2.75) is 38.3 Å². The van der Waals surface area contributed by atoms with Gasteiger partial charge in [0.1, 0.15) is 5.82 Å². The quantitative estimate of drug-likeness (QED) is 0.550. The number of piperidine rings is 1. The second kappa shape index (κ2) is 9.48. The Labute approximate surface area is 186 Å². The Bertz CT molecular complexity index is 985. The highest BCUT2D eigenvalue weighted by atomic mass is 19.1. The van der Waals surface area contributed by atoms with Crippen molar-refractivity contribution in [3.8, 4) is 0 Å². The molecule has 2 aliphatic heterocycles. The van der Waals surface area contributed by atoms with Crippen molar-refractivity contribution >= 4 is 29.2 Å². The van der Waals surface area contributed by atoms with Crippen LogP contribution < -0.4 is 10.2 Å². The molecule has 0 aromatic heterocycles. The summed E-state index contributed by atoms with van der Waals surface area (Å²) in [5, 5.41) is 3.40. The second-order valence-electron chi connectivity index (χ2n) is 8.02. The van der Waals surface area contributed by atoms with E-state index in [1.54, 1.807) is 43.3 Å². The summed E-state index contributed by atoms with van der Waals surface area (Å²) in [5.41, 5.74) is 1.71. The Morgan fingerprint density at radius 2 is 1.72 bits per heavy atom. The largest absolute Gasteiger partial charge is 0.462 e. The number of likely N-dealkylation sites (tertiary alicyclic amines) is 1. The number of rotatable bonds is 6. The summed E-state index contributed by atoms with van der Waals surface area (Å²) in [7, 11) is 0. The zero-order chi connectivity index (χ0) is 22.7. The van der Waals surface area contributed by atoms with Gasteiger partial charge in [-0.1, -0.05) is 0 Å². The minimum Gasteiger partial charge on any atom is -0.462 e. The zero-order valence-corrected chi connectivity index (χ0v) is 17.9. The Hall–Kier alpha value is -3.26. The Morgan fingerprint density at radius 1 is 1.06 bits per heavy atom. The number of benzene rings is 2. The topological polar surface area (TPSA) is 79.0 Å². The van der Waals surface area contributed by atoms with E-state index < -0.39 is 12.0 Å². The number of carbonyl (C=O) groups excluding carboxylic acids is 3. The van der Waals surface area contributed by atoms with Crippen LogP contribution in [-0.4, -0.2) is 54.5 Å². The van der Waals surface area contributed by atoms with Crippen LogP contribution in [0.4, 0.5) is 15.8 Å². The first-order chi connectivity index (χ1) is 15.5. The summed E-state index contributed by atoms with van der Waals surface area (Å²) in [4.78, 5) is 40.8. The van der Waals surface area contributed by atoms with E-state index in [1.807, 2.05) is 0 Å². The van der Waals surface area contributed by atoms with Crippen molar-refractivity contribution in [2.24, 2.45) is 0 Å². The zero-order valence-electron chi connectivity index (χ0n) is 17.9. The van der Waals surface area contributed by atoms with Crippen molar-refractivity contribution in [1.82, 2.24) is 4.90 Å². The predicted octanol–water partition coefficient (Wildman–Crippen LogP) is 3.21. The van der Waals surface area contributed by atoms with E-state index in [4.69, 9.17) is 4.74 Å². The molecule has 8 heteroatoms. The number of halogens is 1. The molecule has 0 unspecified atom stereocenters. The molecule has 2 aromatic carbocycles. The lowest BCUT2D eigenvalue weighted by Crippen LogP contribution is -2.48. The van der Waals surface area contributed by atoms with Gasteiger partial charge in [-0.2, -0.15) is 0 Å². The van der Waals surface area contributed by atoms with Gasteiger partial charge in [0, 0.05) is 24.8 Å². The van der Waals surface area contributed by atoms with E-state index in [0.29, 0.717) is 24.3 Å². The smallest absolute Gasteiger partial charge is 0.338 e. The van der Waals surface area contributed by atoms with Gasteiger partial charge < -0.3 is 10.1 Å². The third-order valence-electron chi connectivity index (χ3n) is 5.94. The summed E-state index contributed by atoms with van der Waals surface area (Å²) < 4.78 is 18.0. The molecule has 2 amide bonds. The molecule has 2 aromatic rings. The Balaban J connectivity index is 1.36. The van der Waals surface area contributed by atoms with Gasteiger partial charge >= 0.3 is 5.97 Å². The standard InChI is InChI=1S/C24H26FN3O4/c1-2-32-24(31)16-3-9-20(10-4-16)28-22(29)15-21(23(28)30)27-13-11-19(12-14-27)26-18-7-5-17(25)6-8-18/h3-10,19,21,26H,2,11-15H2,1H3/t21-/m1/s1. The fraction of sp³-hybridized carbons (Fsp3) is 0.375. The highest BCUT2D eigenvalue weighted by Crippen LogP contribution is 2.28. The minimum atomic E-state index is -0.473. The average Bonchev–Trinajstić information content (AvgIpc) is 3.10. The number of hydrogen-bond acceptors (Lipinski definition) is 6. The fourth-order valence-electron chi connectivity index (χ4n) is 4.27. The van der Waals surface area contributed by atoms with Crippen molar-refractivity contribution < 1.29 is 23.5 Å². The van der Waals surface area contributed by atoms with E-state index in [-0.39, 0.29) is 36.7 Å². The van der Waals surface area contributed by atoms with E-state index in [2.05, 4.69) is 10.2 Å². The monoisotopic (exact) mass is 439 g/mol. The highest BCUT2D eigenvalue weighted by molar-refractivity contribution is 6.22. The summed E-state index contributed by atoms with van der Waals surface area (Å²) in [6.07, 6.45) is 1.79. The molecule has 32 heavy (non-hydrogen) atoms. The molecule has 2 saturated heterocycles. The molecule has 2 heterocycles. The van der Waals surface area contributed by atoms with Gasteiger partial charge in [0.25, 0.3) is 5.91 Å². The summed E-state index contributed by atoms with van der Waals surface area (Å²) in [5.74, 6) is -1.18. The van der Waals surface area contributed by atoms with Gasteiger partial charge in [-0.15, -0.1) is 0 Å². The third-order valence-corrected chi connectivity index (χ3v) is 5.94. The number of esters is 1. The molecule has 0 bridgehead atoms. The number of hydrogen-bond donors (Lipinski definition) is 1. The van der Waals surface area contributed by atoms with Crippen LogP contribution in [0.1, 0.15) is 36.5 Å². The van der Waals surface area contributed by atoms with Crippen LogP contribution in [0.15, 0.2) is 48.5 Å². The van der Waals surface area contributed by atoms with Gasteiger partial charge in [-0.25, -0.2) is 14.1 Å². The SMILES string of the molecule is CCOC(=O)c1ccc(N2C(=O)C[C@@H](N3CCC(Nc4ccc(F)cc4)CC3)C2=O)cc1. The molecule has 0 spiro atoms. The number of ether oxygens (including phenoxy) is 1. The van der Waals surface area contributed by atoms with Crippen LogP contribution in [0.25, 0.3) is 0 Å². The molecule has 0 saturated carbocycles. The number of nitrogens with zero attached hydrogens (tertiary/aromatic N) is 2. The fourth-order valence-corrected chi connectivity index (χ4v) is 4.27. The molecule has 1 atom stereocenters. The lowest BCUT2D eigenvalue weighted by atomic mass is 10.0. The van der Waals surface area contributed by atoms with E-state index in [9.17, 15) is 18.8 Å². The second-order valence-corrected chi connectivity index (χ2v) is 8.02. The normalized spacial score (nSPS) is 19.9. The lowest BCUT2D eigenvalue weighted by Gasteiger charge is -2.35. The first kappa shape index (κ1) is 22.0. The summed E-state index contributed by atoms with van der Waals surface area (Å²) >= 11 is 0. The third kappa shape index (κ3) is 4.65. The molecule has 0 radical (unpaired) electrons. The number of carbonyl (C=O) groups is 3. The van der Waals surface area contributed by atoms with Gasteiger partial charge in [-0.3, -0.25) is 14.5 Å². The predicted molar refractivity (Wildman–Crippen MR) is 118 cm³/mol. The highest BCUT2D eigenvalue weighted by Gasteiger charge is 2.43. The van der Waals surface area contributed by atoms with Crippen LogP contribution in [0, 0.1) is 5.82 Å². The minimum absolute atomic E-state index is 0.147. The molecule has 2 fully saturated rings. The van der Waals surface area contributed by atoms with Gasteiger partial charge in [0.05, 0.1) is 30.3 Å². The molecular weight excluding hydrogens is 413 g/mol. The van der Waals surface area contributed by atoms with Crippen molar-refractivity contribution in [3.05, 3.63) is 59.9 Å². The maximum atomic E-state index is 13.1. The lowest BCUT2D eigenvalue weighted by molar-refractivity contribution is -0.123. The van der Waals surface area contributed by atoms with Crippen LogP contribution in [0.3, 0.4) is 0 Å². The first-order valence-corrected chi connectivity index (χ1v) is 10.9. The van der Waals surface area contributed by atoms with E-state index in [0.717, 1.165) is 18.5 Å². The van der Waals surface area contributed by atoms with Crippen molar-refractivity contribution in [2.75, 3.05) is 29.9 Å². The molecule has 1 N–H and O–H groups in total. The van der Waals surface area contributed by atoms with Crippen molar-refractivity contribution in [3.63, 3.8) is 0 Å². The molecule has 2 aliphatic rings. The molecule has 7 nitrogen and oxygen atoms in total. The summed E-state index contributed by atoms with van der Waals surface area (Å²) in [6, 6.07) is 12.4. The Kier molecular flexibility index (Phi) is 6.50. The number of nitrogens with one attached hydrogen (secondary N) is 1. The number of amides is 2. The van der Waals surface area contributed by atoms with Crippen LogP contribution in [0.5, 0.6) is 0 Å². The Morgan fingerprint density at radius 3 is 2.34 bits per heavy atom. The van der Waals surface area contributed by atoms with Crippen molar-refractivity contribution in [1.29, 1.82) is 0 Å². The number of anilines is 2.